The molecule has 9 heteroatoms. The molecule has 0 unspecified atom stereocenters. The van der Waals surface area contributed by atoms with Gasteiger partial charge >= 0.3 is 12.3 Å². The van der Waals surface area contributed by atoms with Crippen LogP contribution in [-0.4, -0.2) is 29.4 Å². The number of benzene rings is 1. The molecule has 6 nitrogen and oxygen atoms in total. The van der Waals surface area contributed by atoms with E-state index in [1.54, 1.807) is 0 Å². The summed E-state index contributed by atoms with van der Waals surface area (Å²) in [7, 11) is 0. The van der Waals surface area contributed by atoms with Crippen molar-refractivity contribution in [3.8, 4) is 0 Å². The van der Waals surface area contributed by atoms with Gasteiger partial charge in [0.05, 0.1) is 17.8 Å². The molecule has 0 aromatic heterocycles. The van der Waals surface area contributed by atoms with E-state index in [1.807, 2.05) is 12.2 Å². The van der Waals surface area contributed by atoms with Gasteiger partial charge in [-0.15, -0.1) is 5.10 Å². The molecule has 1 heterocycles. The summed E-state index contributed by atoms with van der Waals surface area (Å²) in [6, 6.07) is 4.60. The zero-order chi connectivity index (χ0) is 16.3. The summed E-state index contributed by atoms with van der Waals surface area (Å²) in [4.78, 5) is 12.1. The van der Waals surface area contributed by atoms with Crippen LogP contribution in [0.25, 0.3) is 0 Å². The molecule has 1 aliphatic rings. The highest BCUT2D eigenvalue weighted by molar-refractivity contribution is 6.09. The Morgan fingerprint density at radius 3 is 2.73 bits per heavy atom. The quantitative estimate of drug-likeness (QED) is 0.881. The molecule has 1 aromatic carbocycles. The zero-order valence-electron chi connectivity index (χ0n) is 11.6. The van der Waals surface area contributed by atoms with Crippen LogP contribution in [0.2, 0.25) is 0 Å². The highest BCUT2D eigenvalue weighted by Crippen LogP contribution is 2.32. The molecule has 118 valence electrons. The molecule has 22 heavy (non-hydrogen) atoms. The second kappa shape index (κ2) is 6.04. The summed E-state index contributed by atoms with van der Waals surface area (Å²) in [5.74, 6) is -0.135. The maximum atomic E-state index is 12.8. The fourth-order valence-electron chi connectivity index (χ4n) is 1.90. The van der Waals surface area contributed by atoms with Crippen molar-refractivity contribution in [3.05, 3.63) is 29.8 Å². The van der Waals surface area contributed by atoms with E-state index in [2.05, 4.69) is 10.2 Å². The fourth-order valence-corrected chi connectivity index (χ4v) is 1.90. The lowest BCUT2D eigenvalue weighted by Crippen LogP contribution is -2.47. The van der Waals surface area contributed by atoms with E-state index in [-0.39, 0.29) is 18.2 Å². The van der Waals surface area contributed by atoms with Gasteiger partial charge in [-0.1, -0.05) is 13.0 Å². The third kappa shape index (κ3) is 3.54. The van der Waals surface area contributed by atoms with Crippen molar-refractivity contribution < 1.29 is 23.1 Å². The van der Waals surface area contributed by atoms with E-state index in [0.717, 1.165) is 12.1 Å². The molecule has 0 atom stereocenters. The number of anilines is 1. The van der Waals surface area contributed by atoms with E-state index in [0.29, 0.717) is 12.1 Å². The Kier molecular flexibility index (Phi) is 4.34. The van der Waals surface area contributed by atoms with E-state index >= 15 is 0 Å². The number of hydrogen-bond acceptors (Lipinski definition) is 4. The van der Waals surface area contributed by atoms with Gasteiger partial charge in [-0.05, 0) is 24.6 Å². The monoisotopic (exact) mass is 314 g/mol. The Bertz CT molecular complexity index is 640. The molecule has 0 saturated carbocycles. The Balaban J connectivity index is 2.38. The topological polar surface area (TPSA) is 77.3 Å². The molecule has 0 aliphatic carbocycles. The van der Waals surface area contributed by atoms with Gasteiger partial charge in [0.2, 0.25) is 5.96 Å². The molecule has 2 rings (SSSR count). The van der Waals surface area contributed by atoms with Crippen molar-refractivity contribution >= 4 is 23.5 Å². The van der Waals surface area contributed by atoms with Gasteiger partial charge < -0.3 is 10.0 Å². The van der Waals surface area contributed by atoms with Crippen LogP contribution < -0.4 is 10.2 Å². The van der Waals surface area contributed by atoms with E-state index in [9.17, 15) is 18.0 Å². The largest absolute Gasteiger partial charge is 0.465 e. The second-order valence-electron chi connectivity index (χ2n) is 4.51. The Labute approximate surface area is 124 Å². The number of carbonyl (C=O) groups is 1. The van der Waals surface area contributed by atoms with Crippen LogP contribution >= 0.6 is 0 Å². The predicted molar refractivity (Wildman–Crippen MR) is 75.1 cm³/mol. The molecule has 0 bridgehead atoms. The zero-order valence-corrected chi connectivity index (χ0v) is 11.6. The van der Waals surface area contributed by atoms with Gasteiger partial charge in [-0.3, -0.25) is 5.32 Å². The molecule has 0 radical (unpaired) electrons. The summed E-state index contributed by atoms with van der Waals surface area (Å²) in [6.45, 7) is 1.99. The number of nitrogens with one attached hydrogen (secondary N) is 1. The first-order valence-electron chi connectivity index (χ1n) is 6.39. The van der Waals surface area contributed by atoms with Crippen molar-refractivity contribution in [3.63, 3.8) is 0 Å². The van der Waals surface area contributed by atoms with E-state index in [4.69, 9.17) is 5.11 Å². The summed E-state index contributed by atoms with van der Waals surface area (Å²) in [5.41, 5.74) is -0.00300. The van der Waals surface area contributed by atoms with E-state index in [1.165, 1.54) is 17.0 Å². The Morgan fingerprint density at radius 2 is 2.14 bits per heavy atom. The van der Waals surface area contributed by atoms with Crippen LogP contribution in [0.4, 0.5) is 23.7 Å². The van der Waals surface area contributed by atoms with Crippen LogP contribution in [-0.2, 0) is 6.18 Å². The average molecular weight is 314 g/mol. The predicted octanol–water partition coefficient (Wildman–Crippen LogP) is 2.92. The van der Waals surface area contributed by atoms with Crippen molar-refractivity contribution in [2.75, 3.05) is 11.4 Å². The van der Waals surface area contributed by atoms with Crippen molar-refractivity contribution in [2.24, 2.45) is 10.2 Å². The lowest BCUT2D eigenvalue weighted by Gasteiger charge is -2.28. The van der Waals surface area contributed by atoms with Gasteiger partial charge in [0.15, 0.2) is 0 Å². The number of halogens is 3. The van der Waals surface area contributed by atoms with Crippen molar-refractivity contribution in [2.45, 2.75) is 19.5 Å². The van der Waals surface area contributed by atoms with Crippen LogP contribution in [0.15, 0.2) is 34.5 Å². The number of nitrogens with zero attached hydrogens (tertiary/aromatic N) is 3. The minimum atomic E-state index is -4.48. The number of hydrogen-bond donors (Lipinski definition) is 2. The van der Waals surface area contributed by atoms with Gasteiger partial charge in [-0.25, -0.2) is 4.79 Å². The Hall–Kier alpha value is -2.58. The van der Waals surface area contributed by atoms with Gasteiger partial charge in [0.1, 0.15) is 0 Å². The molecule has 0 saturated heterocycles. The van der Waals surface area contributed by atoms with Gasteiger partial charge in [0.25, 0.3) is 0 Å². The minimum Gasteiger partial charge on any atom is -0.465 e. The van der Waals surface area contributed by atoms with Crippen LogP contribution in [0.3, 0.4) is 0 Å². The van der Waals surface area contributed by atoms with Gasteiger partial charge in [-0.2, -0.15) is 18.3 Å². The Morgan fingerprint density at radius 1 is 1.41 bits per heavy atom. The summed E-state index contributed by atoms with van der Waals surface area (Å²) in [5, 5.41) is 18.4. The second-order valence-corrected chi connectivity index (χ2v) is 4.51. The maximum Gasteiger partial charge on any atom is 0.416 e. The standard InChI is InChI=1S/C13H13F3N4O2/c1-2-9-7-20(11(19-18-9)17-12(21)22)10-5-3-4-8(6-10)13(14,15)16/h3-6H,2,7H2,1H3,(H,17,19)(H,21,22). The molecular weight excluding hydrogens is 301 g/mol. The molecule has 0 fully saturated rings. The number of amides is 1. The number of carboxylic acid groups (broad SMARTS) is 1. The molecule has 0 spiro atoms. The normalized spacial score (nSPS) is 15.2. The summed E-state index contributed by atoms with van der Waals surface area (Å²) < 4.78 is 38.4. The lowest BCUT2D eigenvalue weighted by atomic mass is 10.1. The van der Waals surface area contributed by atoms with E-state index < -0.39 is 17.8 Å². The van der Waals surface area contributed by atoms with Crippen LogP contribution in [0, 0.1) is 0 Å². The highest BCUT2D eigenvalue weighted by atomic mass is 19.4. The summed E-state index contributed by atoms with van der Waals surface area (Å²) >= 11 is 0. The van der Waals surface area contributed by atoms with Gasteiger partial charge in [0, 0.05) is 5.69 Å². The average Bonchev–Trinajstić information content (AvgIpc) is 2.46. The smallest absolute Gasteiger partial charge is 0.416 e. The fraction of sp³-hybridized carbons (Fsp3) is 0.308. The lowest BCUT2D eigenvalue weighted by molar-refractivity contribution is -0.137. The molecule has 1 aliphatic heterocycles. The number of alkyl halides is 3. The SMILES string of the molecule is CCC1=NN=C(NC(=O)O)N(c2cccc(C(F)(F)F)c2)C1. The van der Waals surface area contributed by atoms with Crippen molar-refractivity contribution in [1.82, 2.24) is 5.32 Å². The number of guanidine groups is 1. The third-order valence-corrected chi connectivity index (χ3v) is 2.99. The first-order chi connectivity index (χ1) is 10.3. The first kappa shape index (κ1) is 15.8. The minimum absolute atomic E-state index is 0.135. The molecule has 2 N–H and O–H groups in total. The summed E-state index contributed by atoms with van der Waals surface area (Å²) in [6.07, 6.45) is -5.30. The molecule has 1 aromatic rings. The number of rotatable bonds is 2. The van der Waals surface area contributed by atoms with Crippen LogP contribution in [0.1, 0.15) is 18.9 Å². The maximum absolute atomic E-state index is 12.8. The third-order valence-electron chi connectivity index (χ3n) is 2.99. The molecule has 1 amide bonds. The van der Waals surface area contributed by atoms with Crippen LogP contribution in [0.5, 0.6) is 0 Å². The first-order valence-corrected chi connectivity index (χ1v) is 6.39. The van der Waals surface area contributed by atoms with Crippen molar-refractivity contribution in [1.29, 1.82) is 0 Å². The highest BCUT2D eigenvalue weighted by Gasteiger charge is 2.31. The molecular formula is C13H13F3N4O2.